The molecule has 0 aliphatic rings. The van der Waals surface area contributed by atoms with Crippen LogP contribution in [0.15, 0.2) is 71.8 Å². The maximum absolute atomic E-state index is 12.4. The Balaban J connectivity index is 1.46. The zero-order chi connectivity index (χ0) is 17.9. The van der Waals surface area contributed by atoms with Gasteiger partial charge >= 0.3 is 0 Å². The van der Waals surface area contributed by atoms with Gasteiger partial charge in [-0.25, -0.2) is 4.98 Å². The van der Waals surface area contributed by atoms with Gasteiger partial charge in [-0.2, -0.15) is 0 Å². The molecule has 0 radical (unpaired) electrons. The highest BCUT2D eigenvalue weighted by Crippen LogP contribution is 2.11. The number of benzene rings is 1. The molecule has 6 heteroatoms. The van der Waals surface area contributed by atoms with Crippen LogP contribution < -0.4 is 10.9 Å². The number of pyridine rings is 2. The number of aromatic nitrogens is 3. The summed E-state index contributed by atoms with van der Waals surface area (Å²) in [5.74, 6) is -0.429. The summed E-state index contributed by atoms with van der Waals surface area (Å²) in [5.41, 5.74) is 1.97. The second-order valence-electron chi connectivity index (χ2n) is 5.91. The molecule has 0 bridgehead atoms. The van der Waals surface area contributed by atoms with Crippen LogP contribution in [-0.2, 0) is 6.42 Å². The van der Waals surface area contributed by atoms with Gasteiger partial charge in [0, 0.05) is 36.4 Å². The number of hydrogen-bond donors (Lipinski definition) is 1. The number of rotatable bonds is 4. The minimum atomic E-state index is -0.429. The monoisotopic (exact) mass is 344 g/mol. The molecule has 0 saturated carbocycles. The molecule has 0 saturated heterocycles. The van der Waals surface area contributed by atoms with Crippen molar-refractivity contribution in [1.82, 2.24) is 19.7 Å². The summed E-state index contributed by atoms with van der Waals surface area (Å²) < 4.78 is 1.36. The van der Waals surface area contributed by atoms with E-state index in [0.717, 1.165) is 16.6 Å². The molecule has 1 N–H and O–H groups in total. The normalized spacial score (nSPS) is 10.9. The molecular weight excluding hydrogens is 328 g/mol. The van der Waals surface area contributed by atoms with Crippen molar-refractivity contribution in [1.29, 1.82) is 0 Å². The van der Waals surface area contributed by atoms with E-state index in [1.165, 1.54) is 10.6 Å². The molecule has 3 heterocycles. The third-order valence-electron chi connectivity index (χ3n) is 4.18. The highest BCUT2D eigenvalue weighted by atomic mass is 16.2. The van der Waals surface area contributed by atoms with E-state index < -0.39 is 5.91 Å². The van der Waals surface area contributed by atoms with Crippen molar-refractivity contribution in [2.24, 2.45) is 0 Å². The highest BCUT2D eigenvalue weighted by Gasteiger charge is 2.12. The summed E-state index contributed by atoms with van der Waals surface area (Å²) in [6, 6.07) is 17.1. The second kappa shape index (κ2) is 6.76. The van der Waals surface area contributed by atoms with Gasteiger partial charge in [0.1, 0.15) is 11.2 Å². The molecular formula is C20H16N4O2. The topological polar surface area (TPSA) is 76.4 Å². The average molecular weight is 344 g/mol. The lowest BCUT2D eigenvalue weighted by Crippen LogP contribution is -2.32. The number of para-hydroxylation sites is 1. The van der Waals surface area contributed by atoms with Gasteiger partial charge in [0.15, 0.2) is 0 Å². The molecule has 26 heavy (non-hydrogen) atoms. The van der Waals surface area contributed by atoms with Gasteiger partial charge in [0.2, 0.25) is 0 Å². The molecule has 6 nitrogen and oxygen atoms in total. The summed E-state index contributed by atoms with van der Waals surface area (Å²) in [5, 5.41) is 3.85. The van der Waals surface area contributed by atoms with Crippen molar-refractivity contribution in [3.05, 3.63) is 88.6 Å². The first-order chi connectivity index (χ1) is 12.7. The van der Waals surface area contributed by atoms with Gasteiger partial charge in [-0.1, -0.05) is 30.3 Å². The van der Waals surface area contributed by atoms with Crippen LogP contribution in [0.4, 0.5) is 0 Å². The molecule has 0 aliphatic heterocycles. The third-order valence-corrected chi connectivity index (χ3v) is 4.18. The van der Waals surface area contributed by atoms with E-state index in [0.29, 0.717) is 18.6 Å². The predicted octanol–water partition coefficient (Wildman–Crippen LogP) is 2.22. The predicted molar refractivity (Wildman–Crippen MR) is 99.2 cm³/mol. The second-order valence-corrected chi connectivity index (χ2v) is 5.91. The quantitative estimate of drug-likeness (QED) is 0.616. The Labute approximate surface area is 149 Å². The van der Waals surface area contributed by atoms with Crippen LogP contribution in [0.5, 0.6) is 0 Å². The van der Waals surface area contributed by atoms with Crippen molar-refractivity contribution in [3.8, 4) is 0 Å². The molecule has 4 rings (SSSR count). The molecule has 128 valence electrons. The van der Waals surface area contributed by atoms with Gasteiger partial charge in [-0.3, -0.25) is 19.0 Å². The molecule has 1 aromatic carbocycles. The van der Waals surface area contributed by atoms with Crippen LogP contribution in [0.2, 0.25) is 0 Å². The molecule has 0 spiro atoms. The van der Waals surface area contributed by atoms with E-state index in [4.69, 9.17) is 0 Å². The zero-order valence-corrected chi connectivity index (χ0v) is 13.9. The summed E-state index contributed by atoms with van der Waals surface area (Å²) >= 11 is 0. The maximum atomic E-state index is 12.4. The molecule has 0 atom stereocenters. The lowest BCUT2D eigenvalue weighted by Gasteiger charge is -2.06. The third kappa shape index (κ3) is 3.04. The van der Waals surface area contributed by atoms with Gasteiger partial charge in [0.25, 0.3) is 11.5 Å². The molecule has 0 unspecified atom stereocenters. The van der Waals surface area contributed by atoms with E-state index in [9.17, 15) is 9.59 Å². The molecule has 0 aliphatic carbocycles. The largest absolute Gasteiger partial charge is 0.351 e. The fourth-order valence-electron chi connectivity index (χ4n) is 2.83. The van der Waals surface area contributed by atoms with E-state index >= 15 is 0 Å². The maximum Gasteiger partial charge on any atom is 0.270 e. The van der Waals surface area contributed by atoms with E-state index in [2.05, 4.69) is 15.3 Å². The summed E-state index contributed by atoms with van der Waals surface area (Å²) in [6.07, 6.45) is 3.50. The van der Waals surface area contributed by atoms with E-state index in [1.807, 2.05) is 36.4 Å². The first-order valence-electron chi connectivity index (χ1n) is 8.32. The van der Waals surface area contributed by atoms with Crippen LogP contribution in [-0.4, -0.2) is 26.8 Å². The Kier molecular flexibility index (Phi) is 4.15. The van der Waals surface area contributed by atoms with Crippen LogP contribution >= 0.6 is 0 Å². The van der Waals surface area contributed by atoms with Gasteiger partial charge in [-0.05, 0) is 24.3 Å². The summed E-state index contributed by atoms with van der Waals surface area (Å²) in [7, 11) is 0. The lowest BCUT2D eigenvalue weighted by atomic mass is 10.2. The number of nitrogens with one attached hydrogen (secondary N) is 1. The van der Waals surface area contributed by atoms with Crippen molar-refractivity contribution >= 4 is 22.5 Å². The van der Waals surface area contributed by atoms with Crippen LogP contribution in [0.3, 0.4) is 0 Å². The standard InChI is InChI=1S/C20H16N4O2/c25-19(16-13-22-18-7-3-4-12-24(18)20(16)26)21-11-10-15-9-8-14-5-1-2-6-17(14)23-15/h1-9,12-13H,10-11H2,(H,21,25). The fourth-order valence-corrected chi connectivity index (χ4v) is 2.83. The van der Waals surface area contributed by atoms with Crippen LogP contribution in [0, 0.1) is 0 Å². The van der Waals surface area contributed by atoms with Crippen molar-refractivity contribution in [2.45, 2.75) is 6.42 Å². The minimum Gasteiger partial charge on any atom is -0.351 e. The number of carbonyl (C=O) groups excluding carboxylic acids is 1. The zero-order valence-electron chi connectivity index (χ0n) is 13.9. The van der Waals surface area contributed by atoms with E-state index in [1.54, 1.807) is 24.4 Å². The molecule has 4 aromatic rings. The Bertz CT molecular complexity index is 1170. The fraction of sp³-hybridized carbons (Fsp3) is 0.100. The average Bonchev–Trinajstić information content (AvgIpc) is 2.68. The first-order valence-corrected chi connectivity index (χ1v) is 8.32. The van der Waals surface area contributed by atoms with Gasteiger partial charge in [0.05, 0.1) is 5.52 Å². The Morgan fingerprint density at radius 2 is 1.88 bits per heavy atom. The Morgan fingerprint density at radius 1 is 1.04 bits per heavy atom. The van der Waals surface area contributed by atoms with Crippen molar-refractivity contribution < 1.29 is 4.79 Å². The highest BCUT2D eigenvalue weighted by molar-refractivity contribution is 5.93. The first kappa shape index (κ1) is 16.0. The molecule has 3 aromatic heterocycles. The SMILES string of the molecule is O=C(NCCc1ccc2ccccc2n1)c1cnc2ccccn2c1=O. The molecule has 0 fully saturated rings. The van der Waals surface area contributed by atoms with Crippen molar-refractivity contribution in [3.63, 3.8) is 0 Å². The summed E-state index contributed by atoms with van der Waals surface area (Å²) in [4.78, 5) is 33.5. The smallest absolute Gasteiger partial charge is 0.270 e. The van der Waals surface area contributed by atoms with Crippen molar-refractivity contribution in [2.75, 3.05) is 6.54 Å². The van der Waals surface area contributed by atoms with Gasteiger partial charge < -0.3 is 5.32 Å². The van der Waals surface area contributed by atoms with E-state index in [-0.39, 0.29) is 11.1 Å². The summed E-state index contributed by atoms with van der Waals surface area (Å²) in [6.45, 7) is 0.390. The Hall–Kier alpha value is -3.54. The van der Waals surface area contributed by atoms with Crippen LogP contribution in [0.1, 0.15) is 16.1 Å². The van der Waals surface area contributed by atoms with Crippen LogP contribution in [0.25, 0.3) is 16.6 Å². The number of carbonyl (C=O) groups is 1. The lowest BCUT2D eigenvalue weighted by molar-refractivity contribution is 0.0952. The number of nitrogens with zero attached hydrogens (tertiary/aromatic N) is 3. The number of amides is 1. The Morgan fingerprint density at radius 3 is 2.81 bits per heavy atom. The molecule has 1 amide bonds. The van der Waals surface area contributed by atoms with Gasteiger partial charge in [-0.15, -0.1) is 0 Å². The number of hydrogen-bond acceptors (Lipinski definition) is 4. The number of fused-ring (bicyclic) bond motifs is 2. The minimum absolute atomic E-state index is 0.0279.